The van der Waals surface area contributed by atoms with Crippen LogP contribution in [-0.4, -0.2) is 95.9 Å². The molecule has 0 saturated heterocycles. The number of allylic oxidation sites excluding steroid dienone is 26. The van der Waals surface area contributed by atoms with Crippen LogP contribution in [0.2, 0.25) is 0 Å². The quantitative estimate of drug-likeness (QED) is 0.0146. The number of aliphatic hydroxyl groups is 2. The van der Waals surface area contributed by atoms with Gasteiger partial charge in [-0.15, -0.1) is 0 Å². The molecule has 113 heavy (non-hydrogen) atoms. The van der Waals surface area contributed by atoms with E-state index in [0.29, 0.717) is 19.3 Å². The van der Waals surface area contributed by atoms with Gasteiger partial charge in [-0.2, -0.15) is 0 Å². The van der Waals surface area contributed by atoms with Gasteiger partial charge in [-0.05, 0) is 141 Å². The Morgan fingerprint density at radius 2 is 0.469 bits per heavy atom. The fourth-order valence-electron chi connectivity index (χ4n) is 12.0. The van der Waals surface area contributed by atoms with Gasteiger partial charge in [-0.1, -0.05) is 365 Å². The van der Waals surface area contributed by atoms with Crippen LogP contribution in [0.4, 0.5) is 0 Å². The minimum Gasteiger partial charge on any atom is -0.463 e. The zero-order chi connectivity index (χ0) is 82.2. The number of hydrogen-bond acceptors (Lipinski definition) is 14. The highest BCUT2D eigenvalue weighted by atomic mass is 31.2. The van der Waals surface area contributed by atoms with Gasteiger partial charge in [0.1, 0.15) is 25.4 Å². The Morgan fingerprint density at radius 3 is 0.743 bits per heavy atom. The van der Waals surface area contributed by atoms with Gasteiger partial charge in [0.05, 0.1) is 26.4 Å². The lowest BCUT2D eigenvalue weighted by Gasteiger charge is -2.21. The first-order valence-corrected chi connectivity index (χ1v) is 47.8. The van der Waals surface area contributed by atoms with Gasteiger partial charge in [0, 0.05) is 19.3 Å². The maximum atomic E-state index is 13.0. The third-order valence-corrected chi connectivity index (χ3v) is 20.6. The Bertz CT molecular complexity index is 2680. The summed E-state index contributed by atoms with van der Waals surface area (Å²) in [5, 5.41) is 20.7. The Kier molecular flexibility index (Phi) is 82.8. The largest absolute Gasteiger partial charge is 0.472 e. The van der Waals surface area contributed by atoms with Crippen molar-refractivity contribution < 1.29 is 75.8 Å². The predicted molar refractivity (Wildman–Crippen MR) is 472 cm³/mol. The van der Waals surface area contributed by atoms with E-state index in [-0.39, 0.29) is 19.3 Å². The van der Waals surface area contributed by atoms with Gasteiger partial charge >= 0.3 is 33.6 Å². The first-order chi connectivity index (χ1) is 55.2. The number of esters is 3. The van der Waals surface area contributed by atoms with Gasteiger partial charge in [0.15, 0.2) is 6.10 Å². The summed E-state index contributed by atoms with van der Waals surface area (Å²) in [4.78, 5) is 58.8. The second kappa shape index (κ2) is 86.5. The number of hydrogen-bond donors (Lipinski definition) is 4. The molecule has 5 unspecified atom stereocenters. The molecule has 5 atom stereocenters. The number of unbranched alkanes of at least 4 members (excludes halogenated alkanes) is 35. The summed E-state index contributed by atoms with van der Waals surface area (Å²) >= 11 is 0. The van der Waals surface area contributed by atoms with Gasteiger partial charge in [-0.25, -0.2) is 9.13 Å². The van der Waals surface area contributed by atoms with Crippen molar-refractivity contribution in [3.63, 3.8) is 0 Å². The molecule has 0 amide bonds. The topological polar surface area (TPSA) is 231 Å². The molecule has 0 spiro atoms. The van der Waals surface area contributed by atoms with Crippen molar-refractivity contribution in [3.05, 3.63) is 158 Å². The number of rotatable bonds is 84. The summed E-state index contributed by atoms with van der Waals surface area (Å²) < 4.78 is 61.3. The van der Waals surface area contributed by atoms with E-state index in [2.05, 4.69) is 179 Å². The molecule has 0 fully saturated rings. The fourth-order valence-corrected chi connectivity index (χ4v) is 13.6. The van der Waals surface area contributed by atoms with E-state index in [0.717, 1.165) is 173 Å². The molecule has 0 aromatic carbocycles. The summed E-state index contributed by atoms with van der Waals surface area (Å²) in [5.41, 5.74) is 0. The molecule has 0 bridgehead atoms. The molecule has 0 aliphatic rings. The van der Waals surface area contributed by atoms with Gasteiger partial charge < -0.3 is 34.2 Å². The van der Waals surface area contributed by atoms with Crippen LogP contribution >= 0.6 is 15.6 Å². The number of carbonyl (C=O) groups is 3. The molecule has 0 aromatic heterocycles. The first kappa shape index (κ1) is 108. The van der Waals surface area contributed by atoms with E-state index in [1.54, 1.807) is 0 Å². The van der Waals surface area contributed by atoms with Crippen molar-refractivity contribution in [2.45, 2.75) is 386 Å². The number of carbonyl (C=O) groups excluding carboxylic acids is 3. The highest BCUT2D eigenvalue weighted by Gasteiger charge is 2.29. The molecule has 0 heterocycles. The molecular formula is C95H162O16P2. The normalized spacial score (nSPS) is 14.6. The second-order valence-corrected chi connectivity index (χ2v) is 32.5. The second-order valence-electron chi connectivity index (χ2n) is 29.6. The molecule has 0 aliphatic carbocycles. The van der Waals surface area contributed by atoms with Crippen molar-refractivity contribution in [1.29, 1.82) is 0 Å². The smallest absolute Gasteiger partial charge is 0.463 e. The SMILES string of the molecule is CC/C=C\C/C=C\C/C=C\C/C=C\C/C=C\C/C=C\CCCCCCCCCCCCC(=O)OCC(COP(=O)(O)OCC(O)COP(=O)(O)OCC(O)COC(=O)CCCCCCCCCCCCCCCCCCCCC/C=C\C/C=C\C/C=C\C/C=C\C/C=C\CC)OC(=O)CCCCCCC/C=C\C/C=C\CCC. The molecule has 648 valence electrons. The molecule has 0 aliphatic heterocycles. The van der Waals surface area contributed by atoms with Crippen LogP contribution < -0.4 is 0 Å². The standard InChI is InChI=1S/C95H162O16P2/c1-4-7-10-13-16-19-22-25-27-29-31-33-35-37-39-41-42-43-44-45-46-48-50-51-53-55-57-59-61-64-66-69-72-75-78-81-93(98)105-84-90(96)85-107-112(101,102)108-86-91(97)87-109-113(103,104)110-89-92(111-95(100)83-80-77-74-71-68-63-24-21-18-15-12-9-6-3)88-106-94(99)82-79-76-73-70-67-65-62-60-58-56-54-52-49-47-40-38-36-34-32-30-28-26-23-20-17-14-11-8-5-2/h7-8,10-12,15-17,19-21,24-28,31-34,37-40,49,52,90-92,96-97H,4-6,9,13-14,18,22-23,29-30,35-36,41-48,50-51,53-89H2,1-3H3,(H,101,102)(H,103,104)/b10-7-,11-8-,15-12-,19-16-,20-17-,24-21-,27-25-,28-26-,33-31-,34-32-,39-37-,40-38-,52-49-. The molecule has 18 heteroatoms. The third kappa shape index (κ3) is 87.8. The minimum absolute atomic E-state index is 0.0847. The summed E-state index contributed by atoms with van der Waals surface area (Å²) in [6.07, 6.45) is 110. The van der Waals surface area contributed by atoms with Crippen molar-refractivity contribution in [3.8, 4) is 0 Å². The van der Waals surface area contributed by atoms with Crippen LogP contribution in [0.5, 0.6) is 0 Å². The molecule has 0 radical (unpaired) electrons. The van der Waals surface area contributed by atoms with E-state index >= 15 is 0 Å². The lowest BCUT2D eigenvalue weighted by Crippen LogP contribution is -2.30. The van der Waals surface area contributed by atoms with E-state index < -0.39 is 91.5 Å². The van der Waals surface area contributed by atoms with Crippen LogP contribution in [0.1, 0.15) is 367 Å². The van der Waals surface area contributed by atoms with Gasteiger partial charge in [-0.3, -0.25) is 32.5 Å². The van der Waals surface area contributed by atoms with E-state index in [1.165, 1.54) is 135 Å². The zero-order valence-electron chi connectivity index (χ0n) is 71.3. The first-order valence-electron chi connectivity index (χ1n) is 44.8. The van der Waals surface area contributed by atoms with Crippen LogP contribution in [0.25, 0.3) is 0 Å². The number of phosphoric acid groups is 2. The highest BCUT2D eigenvalue weighted by molar-refractivity contribution is 7.47. The lowest BCUT2D eigenvalue weighted by atomic mass is 10.0. The maximum Gasteiger partial charge on any atom is 0.472 e. The molecule has 0 rings (SSSR count). The number of aliphatic hydroxyl groups excluding tert-OH is 2. The average molecular weight is 1620 g/mol. The maximum absolute atomic E-state index is 13.0. The van der Waals surface area contributed by atoms with Crippen LogP contribution in [0, 0.1) is 0 Å². The number of ether oxygens (including phenoxy) is 3. The van der Waals surface area contributed by atoms with Crippen LogP contribution in [-0.2, 0) is 55.8 Å². The molecule has 16 nitrogen and oxygen atoms in total. The molecular weight excluding hydrogens is 1460 g/mol. The number of phosphoric ester groups is 2. The minimum atomic E-state index is -4.94. The monoisotopic (exact) mass is 1620 g/mol. The van der Waals surface area contributed by atoms with Crippen molar-refractivity contribution in [2.24, 2.45) is 0 Å². The van der Waals surface area contributed by atoms with Crippen LogP contribution in [0.15, 0.2) is 158 Å². The Balaban J connectivity index is 4.40. The summed E-state index contributed by atoms with van der Waals surface area (Å²) in [6, 6.07) is 0. The third-order valence-electron chi connectivity index (χ3n) is 18.7. The van der Waals surface area contributed by atoms with E-state index in [1.807, 2.05) is 0 Å². The van der Waals surface area contributed by atoms with E-state index in [4.69, 9.17) is 32.3 Å². The summed E-state index contributed by atoms with van der Waals surface area (Å²) in [6.45, 7) is 2.40. The van der Waals surface area contributed by atoms with E-state index in [9.17, 15) is 43.5 Å². The predicted octanol–water partition coefficient (Wildman–Crippen LogP) is 27.3. The molecule has 0 aromatic rings. The lowest BCUT2D eigenvalue weighted by molar-refractivity contribution is -0.161. The Hall–Kier alpha value is -4.83. The van der Waals surface area contributed by atoms with Gasteiger partial charge in [0.2, 0.25) is 0 Å². The Morgan fingerprint density at radius 1 is 0.257 bits per heavy atom. The average Bonchev–Trinajstić information content (AvgIpc) is 0.899. The fraction of sp³-hybridized carbons (Fsp3) is 0.695. The van der Waals surface area contributed by atoms with Crippen molar-refractivity contribution in [2.75, 3.05) is 39.6 Å². The molecule has 4 N–H and O–H groups in total. The molecule has 0 saturated carbocycles. The van der Waals surface area contributed by atoms with Crippen LogP contribution in [0.3, 0.4) is 0 Å². The van der Waals surface area contributed by atoms with Crippen molar-refractivity contribution in [1.82, 2.24) is 0 Å². The van der Waals surface area contributed by atoms with Gasteiger partial charge in [0.25, 0.3) is 0 Å². The summed E-state index contributed by atoms with van der Waals surface area (Å²) in [7, 11) is -9.80. The van der Waals surface area contributed by atoms with Crippen molar-refractivity contribution >= 4 is 33.6 Å². The zero-order valence-corrected chi connectivity index (χ0v) is 73.0. The Labute approximate surface area is 689 Å². The highest BCUT2D eigenvalue weighted by Crippen LogP contribution is 2.45. The summed E-state index contributed by atoms with van der Waals surface area (Å²) in [5.74, 6) is -1.59.